The van der Waals surface area contributed by atoms with Crippen molar-refractivity contribution >= 4 is 21.5 Å². The number of ether oxygens (including phenoxy) is 1. The number of hydrogen-bond donors (Lipinski definition) is 1. The molecule has 0 aliphatic carbocycles. The van der Waals surface area contributed by atoms with Gasteiger partial charge in [0.15, 0.2) is 0 Å². The molecule has 8 heteroatoms. The number of benzene rings is 1. The number of amides is 2. The lowest BCUT2D eigenvalue weighted by atomic mass is 9.85. The first-order valence-corrected chi connectivity index (χ1v) is 12.0. The zero-order chi connectivity index (χ0) is 21.1. The van der Waals surface area contributed by atoms with Gasteiger partial charge in [0.05, 0.1) is 21.8 Å². The molecule has 0 bridgehead atoms. The zero-order valence-corrected chi connectivity index (χ0v) is 17.9. The van der Waals surface area contributed by atoms with Gasteiger partial charge in [0.25, 0.3) is 5.91 Å². The minimum absolute atomic E-state index is 0.0237. The summed E-state index contributed by atoms with van der Waals surface area (Å²) in [6.07, 6.45) is 2.81. The van der Waals surface area contributed by atoms with E-state index < -0.39 is 27.1 Å². The van der Waals surface area contributed by atoms with E-state index in [1.54, 1.807) is 12.1 Å². The monoisotopic (exact) mass is 424 g/mol. The van der Waals surface area contributed by atoms with Crippen molar-refractivity contribution in [2.45, 2.75) is 64.0 Å². The molecule has 6 nitrogen and oxygen atoms in total. The van der Waals surface area contributed by atoms with E-state index in [2.05, 4.69) is 9.68 Å². The van der Waals surface area contributed by atoms with Crippen LogP contribution in [0.15, 0.2) is 22.6 Å². The Morgan fingerprint density at radius 3 is 2.76 bits per heavy atom. The van der Waals surface area contributed by atoms with E-state index >= 15 is 0 Å². The Morgan fingerprint density at radius 1 is 1.34 bits per heavy atom. The molecule has 3 rings (SSSR count). The second-order valence-corrected chi connectivity index (χ2v) is 10.6. The maximum absolute atomic E-state index is 13.9. The molecule has 0 saturated carbocycles. The Hall–Kier alpha value is -1.80. The van der Waals surface area contributed by atoms with Crippen molar-refractivity contribution in [3.05, 3.63) is 35.1 Å². The minimum atomic E-state index is -2.67. The van der Waals surface area contributed by atoms with E-state index in [4.69, 9.17) is 4.74 Å². The number of rotatable bonds is 4. The van der Waals surface area contributed by atoms with E-state index in [1.807, 2.05) is 13.8 Å². The summed E-state index contributed by atoms with van der Waals surface area (Å²) in [6.45, 7) is 4.20. The number of aryl methyl sites for hydroxylation is 1. The van der Waals surface area contributed by atoms with Crippen molar-refractivity contribution in [3.8, 4) is 0 Å². The molecule has 2 aliphatic rings. The third-order valence-corrected chi connectivity index (χ3v) is 7.96. The summed E-state index contributed by atoms with van der Waals surface area (Å²) in [5.41, 5.74) is 0.725. The topological polar surface area (TPSA) is 84.8 Å². The predicted molar refractivity (Wildman–Crippen MR) is 110 cm³/mol. The van der Waals surface area contributed by atoms with Crippen LogP contribution >= 0.6 is 0 Å². The number of nitrogens with zero attached hydrogens (tertiary/aromatic N) is 1. The third kappa shape index (κ3) is 5.63. The Bertz CT molecular complexity index is 894. The van der Waals surface area contributed by atoms with Gasteiger partial charge in [0, 0.05) is 30.6 Å². The lowest BCUT2D eigenvalue weighted by Crippen LogP contribution is -2.51. The molecule has 2 amide bonds. The summed E-state index contributed by atoms with van der Waals surface area (Å²) in [5.74, 6) is -0.413. The van der Waals surface area contributed by atoms with E-state index in [1.165, 1.54) is 6.07 Å². The average molecular weight is 425 g/mol. The maximum Gasteiger partial charge on any atom is 0.258 e. The van der Waals surface area contributed by atoms with Gasteiger partial charge < -0.3 is 10.1 Å². The van der Waals surface area contributed by atoms with Gasteiger partial charge in [-0.15, -0.1) is 0 Å². The summed E-state index contributed by atoms with van der Waals surface area (Å²) in [7, 11) is -2.67. The third-order valence-electron chi connectivity index (χ3n) is 5.74. The van der Waals surface area contributed by atoms with Crippen LogP contribution in [0.4, 0.5) is 4.39 Å². The van der Waals surface area contributed by atoms with E-state index in [9.17, 15) is 18.2 Å². The normalized spacial score (nSPS) is 29.4. The first-order valence-electron chi connectivity index (χ1n) is 10.2. The molecular weight excluding hydrogens is 395 g/mol. The molecule has 1 N–H and O–H groups in total. The molecule has 2 heterocycles. The molecule has 0 aromatic heterocycles. The first kappa shape index (κ1) is 21.9. The van der Waals surface area contributed by atoms with E-state index in [0.29, 0.717) is 32.3 Å². The van der Waals surface area contributed by atoms with Crippen LogP contribution in [-0.4, -0.2) is 45.8 Å². The molecule has 160 valence electrons. The molecule has 29 heavy (non-hydrogen) atoms. The second kappa shape index (κ2) is 8.92. The highest BCUT2D eigenvalue weighted by atomic mass is 32.2. The zero-order valence-electron chi connectivity index (χ0n) is 17.0. The van der Waals surface area contributed by atoms with Gasteiger partial charge in [0.1, 0.15) is 5.82 Å². The fourth-order valence-corrected chi connectivity index (χ4v) is 6.26. The van der Waals surface area contributed by atoms with Gasteiger partial charge in [0.2, 0.25) is 5.91 Å². The van der Waals surface area contributed by atoms with Gasteiger partial charge in [-0.1, -0.05) is 24.6 Å². The molecule has 1 aromatic rings. The Kier molecular flexibility index (Phi) is 6.73. The molecule has 0 radical (unpaired) electrons. The van der Waals surface area contributed by atoms with Crippen LogP contribution in [0.2, 0.25) is 0 Å². The Labute approximate surface area is 171 Å². The number of nitrogens with one attached hydrogen (secondary N) is 1. The number of carbonyl (C=O) groups excluding carboxylic acids is 2. The molecule has 1 spiro atoms. The fraction of sp³-hybridized carbons (Fsp3) is 0.619. The summed E-state index contributed by atoms with van der Waals surface area (Å²) >= 11 is 0. The lowest BCUT2D eigenvalue weighted by Gasteiger charge is -2.44. The first-order chi connectivity index (χ1) is 13.7. The van der Waals surface area contributed by atoms with Gasteiger partial charge in [-0.25, -0.2) is 8.60 Å². The van der Waals surface area contributed by atoms with Crippen LogP contribution in [0.3, 0.4) is 0 Å². The smallest absolute Gasteiger partial charge is 0.258 e. The van der Waals surface area contributed by atoms with Gasteiger partial charge in [-0.2, -0.15) is 4.36 Å². The summed E-state index contributed by atoms with van der Waals surface area (Å²) in [5, 5.41) is 3.03. The molecule has 2 fully saturated rings. The fourth-order valence-electron chi connectivity index (χ4n) is 4.06. The van der Waals surface area contributed by atoms with E-state index in [0.717, 1.165) is 12.0 Å². The van der Waals surface area contributed by atoms with Crippen LogP contribution in [0, 0.1) is 12.7 Å². The minimum Gasteiger partial charge on any atom is -0.375 e. The number of hydrogen-bond acceptors (Lipinski definition) is 4. The second-order valence-electron chi connectivity index (χ2n) is 8.08. The van der Waals surface area contributed by atoms with Crippen molar-refractivity contribution in [2.75, 3.05) is 18.1 Å². The molecule has 1 aromatic carbocycles. The van der Waals surface area contributed by atoms with Crippen LogP contribution in [0.25, 0.3) is 0 Å². The molecule has 1 unspecified atom stereocenters. The average Bonchev–Trinajstić information content (AvgIpc) is 2.67. The van der Waals surface area contributed by atoms with Crippen molar-refractivity contribution < 1.29 is 22.9 Å². The summed E-state index contributed by atoms with van der Waals surface area (Å²) < 4.78 is 37.0. The molecule has 2 aliphatic heterocycles. The van der Waals surface area contributed by atoms with Crippen molar-refractivity contribution in [1.29, 1.82) is 0 Å². The van der Waals surface area contributed by atoms with Crippen molar-refractivity contribution in [1.82, 2.24) is 5.32 Å². The highest BCUT2D eigenvalue weighted by molar-refractivity contribution is 7.93. The Balaban J connectivity index is 1.63. The largest absolute Gasteiger partial charge is 0.375 e. The molecular formula is C21H29FN2O4S. The highest BCUT2D eigenvalue weighted by Crippen LogP contribution is 2.36. The van der Waals surface area contributed by atoms with Gasteiger partial charge in [-0.05, 0) is 44.2 Å². The van der Waals surface area contributed by atoms with Crippen molar-refractivity contribution in [2.24, 2.45) is 4.36 Å². The quantitative estimate of drug-likeness (QED) is 0.805. The van der Waals surface area contributed by atoms with Crippen LogP contribution < -0.4 is 5.32 Å². The van der Waals surface area contributed by atoms with E-state index in [-0.39, 0.29) is 35.4 Å². The molecule has 2 saturated heterocycles. The summed E-state index contributed by atoms with van der Waals surface area (Å²) in [4.78, 5) is 24.0. The predicted octanol–water partition coefficient (Wildman–Crippen LogP) is 2.91. The number of carbonyl (C=O) groups is 2. The molecule has 1 atom stereocenters. The highest BCUT2D eigenvalue weighted by Gasteiger charge is 2.42. The summed E-state index contributed by atoms with van der Waals surface area (Å²) in [6, 6.07) is 4.65. The van der Waals surface area contributed by atoms with Crippen molar-refractivity contribution in [3.63, 3.8) is 0 Å². The SMILES string of the molecule is CCC(=O)NC1CCOC2(CCS(=O)(=NC(=O)Cc3cc(C)ccc3F)CC2)C1. The maximum atomic E-state index is 13.9. The van der Waals surface area contributed by atoms with Gasteiger partial charge >= 0.3 is 0 Å². The van der Waals surface area contributed by atoms with Crippen LogP contribution in [-0.2, 0) is 30.5 Å². The Morgan fingerprint density at radius 2 is 2.07 bits per heavy atom. The van der Waals surface area contributed by atoms with Crippen LogP contribution in [0.5, 0.6) is 0 Å². The standard InChI is InChI=1S/C21H29FN2O4S/c1-3-19(25)23-17-6-9-28-21(14-17)7-10-29(27,11-8-21)24-20(26)13-16-12-15(2)4-5-18(16)22/h4-5,12,17H,3,6-11,13-14H2,1-2H3,(H,23,25). The lowest BCUT2D eigenvalue weighted by molar-refractivity contribution is -0.126. The van der Waals surface area contributed by atoms with Crippen LogP contribution in [0.1, 0.15) is 50.2 Å². The van der Waals surface area contributed by atoms with Gasteiger partial charge in [-0.3, -0.25) is 9.59 Å². The number of halogens is 1.